The maximum absolute atomic E-state index is 13.6. The largest absolute Gasteiger partial charge is 0.573 e. The number of aromatic nitrogens is 3. The van der Waals surface area contributed by atoms with Gasteiger partial charge >= 0.3 is 6.36 Å². The number of rotatable bonds is 3. The van der Waals surface area contributed by atoms with Crippen molar-refractivity contribution in [2.45, 2.75) is 6.36 Å². The summed E-state index contributed by atoms with van der Waals surface area (Å²) in [4.78, 5) is 3.68. The highest BCUT2D eigenvalue weighted by atomic mass is 19.4. The Morgan fingerprint density at radius 3 is 2.65 bits per heavy atom. The number of fused-ring (bicyclic) bond motifs is 1. The van der Waals surface area contributed by atoms with Crippen molar-refractivity contribution in [3.05, 3.63) is 30.1 Å². The molecule has 3 rings (SSSR count). The van der Waals surface area contributed by atoms with Gasteiger partial charge in [0.05, 0.1) is 0 Å². The Hall–Kier alpha value is -3.11. The second-order valence-corrected chi connectivity index (χ2v) is 4.28. The van der Waals surface area contributed by atoms with Gasteiger partial charge in [-0.05, 0) is 22.4 Å². The molecule has 0 unspecified atom stereocenters. The summed E-state index contributed by atoms with van der Waals surface area (Å²) in [5.74, 6) is -2.67. The molecule has 2 heterocycles. The first kappa shape index (κ1) is 14.8. The van der Waals surface area contributed by atoms with Gasteiger partial charge in [0.25, 0.3) is 0 Å². The van der Waals surface area contributed by atoms with E-state index in [2.05, 4.69) is 30.0 Å². The molecule has 0 aliphatic rings. The quantitative estimate of drug-likeness (QED) is 0.713. The number of ether oxygens (including phenoxy) is 1. The highest BCUT2D eigenvalue weighted by molar-refractivity contribution is 5.78. The number of nitrogens with one attached hydrogen (secondary N) is 1. The van der Waals surface area contributed by atoms with Crippen LogP contribution in [0.4, 0.5) is 28.9 Å². The van der Waals surface area contributed by atoms with Gasteiger partial charge in [0, 0.05) is 17.8 Å². The average molecular weight is 330 g/mol. The van der Waals surface area contributed by atoms with Crippen LogP contribution in [0.2, 0.25) is 0 Å². The maximum Gasteiger partial charge on any atom is 0.573 e. The monoisotopic (exact) mass is 330 g/mol. The summed E-state index contributed by atoms with van der Waals surface area (Å²) >= 11 is 0. The van der Waals surface area contributed by atoms with E-state index < -0.39 is 23.8 Å². The lowest BCUT2D eigenvalue weighted by Gasteiger charge is -2.11. The smallest absolute Gasteiger partial charge is 0.492 e. The van der Waals surface area contributed by atoms with Gasteiger partial charge in [0.2, 0.25) is 11.5 Å². The van der Waals surface area contributed by atoms with Crippen LogP contribution in [0.25, 0.3) is 11.2 Å². The van der Waals surface area contributed by atoms with E-state index >= 15 is 0 Å². The first-order chi connectivity index (χ1) is 10.8. The van der Waals surface area contributed by atoms with Gasteiger partial charge in [-0.3, -0.25) is 0 Å². The van der Waals surface area contributed by atoms with Crippen LogP contribution in [0.5, 0.6) is 11.6 Å². The minimum atomic E-state index is -5.00. The molecule has 2 aromatic heterocycles. The average Bonchev–Trinajstić information content (AvgIpc) is 2.88. The molecule has 7 nitrogen and oxygen atoms in total. The molecule has 0 bridgehead atoms. The van der Waals surface area contributed by atoms with Crippen LogP contribution in [-0.2, 0) is 0 Å². The van der Waals surface area contributed by atoms with E-state index in [-0.39, 0.29) is 22.5 Å². The number of nitrogens with zero attached hydrogens (tertiary/aromatic N) is 3. The molecule has 2 N–H and O–H groups in total. The Morgan fingerprint density at radius 2 is 1.96 bits per heavy atom. The van der Waals surface area contributed by atoms with Gasteiger partial charge in [-0.2, -0.15) is 4.98 Å². The Morgan fingerprint density at radius 1 is 1.17 bits per heavy atom. The second kappa shape index (κ2) is 5.26. The Labute approximate surface area is 124 Å². The summed E-state index contributed by atoms with van der Waals surface area (Å²) < 4.78 is 57.8. The van der Waals surface area contributed by atoms with Gasteiger partial charge < -0.3 is 15.2 Å². The van der Waals surface area contributed by atoms with E-state index in [0.717, 1.165) is 18.2 Å². The van der Waals surface area contributed by atoms with Crippen molar-refractivity contribution in [2.24, 2.45) is 0 Å². The normalized spacial score (nSPS) is 11.7. The molecule has 1 aromatic carbocycles. The van der Waals surface area contributed by atoms with Gasteiger partial charge in [0.15, 0.2) is 17.1 Å². The summed E-state index contributed by atoms with van der Waals surface area (Å²) in [5, 5.41) is 19.2. The van der Waals surface area contributed by atoms with Gasteiger partial charge in [-0.15, -0.1) is 13.2 Å². The number of anilines is 2. The van der Waals surface area contributed by atoms with E-state index in [1.165, 1.54) is 6.07 Å². The fourth-order valence-electron chi connectivity index (χ4n) is 1.75. The van der Waals surface area contributed by atoms with Crippen LogP contribution in [0, 0.1) is 5.82 Å². The zero-order valence-corrected chi connectivity index (χ0v) is 10.9. The van der Waals surface area contributed by atoms with Gasteiger partial charge in [-0.25, -0.2) is 9.02 Å². The summed E-state index contributed by atoms with van der Waals surface area (Å²) in [7, 11) is 0. The molecular formula is C12H6F4N4O3. The van der Waals surface area contributed by atoms with Crippen LogP contribution in [0.1, 0.15) is 0 Å². The lowest BCUT2D eigenvalue weighted by molar-refractivity contribution is -0.275. The number of alkyl halides is 3. The van der Waals surface area contributed by atoms with Crippen LogP contribution in [0.3, 0.4) is 0 Å². The number of halogens is 4. The van der Waals surface area contributed by atoms with Crippen LogP contribution in [0.15, 0.2) is 28.9 Å². The Bertz CT molecular complexity index is 865. The van der Waals surface area contributed by atoms with Crippen molar-refractivity contribution < 1.29 is 32.0 Å². The lowest BCUT2D eigenvalue weighted by Crippen LogP contribution is -2.17. The molecule has 0 fully saturated rings. The molecule has 0 aliphatic carbocycles. The van der Waals surface area contributed by atoms with E-state index in [9.17, 15) is 22.7 Å². The third-order valence-corrected chi connectivity index (χ3v) is 2.67. The van der Waals surface area contributed by atoms with E-state index in [1.54, 1.807) is 0 Å². The summed E-state index contributed by atoms with van der Waals surface area (Å²) in [6.45, 7) is 0. The SMILES string of the molecule is Oc1nc2nonc2cc1Nc1ccc(OC(F)(F)F)c(F)c1. The molecule has 0 amide bonds. The lowest BCUT2D eigenvalue weighted by atomic mass is 10.2. The molecule has 23 heavy (non-hydrogen) atoms. The summed E-state index contributed by atoms with van der Waals surface area (Å²) in [5.41, 5.74) is 0.387. The molecule has 11 heteroatoms. The first-order valence-electron chi connectivity index (χ1n) is 5.96. The zero-order chi connectivity index (χ0) is 16.6. The van der Waals surface area contributed by atoms with E-state index in [1.807, 2.05) is 0 Å². The topological polar surface area (TPSA) is 93.3 Å². The molecule has 0 aliphatic heterocycles. The Kier molecular flexibility index (Phi) is 3.39. The number of aromatic hydroxyl groups is 1. The van der Waals surface area contributed by atoms with Crippen LogP contribution < -0.4 is 10.1 Å². The third-order valence-electron chi connectivity index (χ3n) is 2.67. The highest BCUT2D eigenvalue weighted by Gasteiger charge is 2.32. The number of hydrogen-bond acceptors (Lipinski definition) is 7. The van der Waals surface area contributed by atoms with Crippen LogP contribution in [-0.4, -0.2) is 26.8 Å². The van der Waals surface area contributed by atoms with E-state index in [4.69, 9.17) is 0 Å². The van der Waals surface area contributed by atoms with Gasteiger partial charge in [-0.1, -0.05) is 0 Å². The molecule has 120 valence electrons. The maximum atomic E-state index is 13.6. The third kappa shape index (κ3) is 3.22. The van der Waals surface area contributed by atoms with Crippen molar-refractivity contribution in [1.29, 1.82) is 0 Å². The summed E-state index contributed by atoms with van der Waals surface area (Å²) in [6.07, 6.45) is -5.00. The second-order valence-electron chi connectivity index (χ2n) is 4.28. The minimum Gasteiger partial charge on any atom is -0.492 e. The zero-order valence-electron chi connectivity index (χ0n) is 10.9. The van der Waals surface area contributed by atoms with Crippen molar-refractivity contribution in [2.75, 3.05) is 5.32 Å². The fraction of sp³-hybridized carbons (Fsp3) is 0.0833. The standard InChI is InChI=1S/C12H6F4N4O3/c13-6-3-5(1-2-9(6)22-12(14,15)16)17-8-4-7-10(18-11(8)21)20-23-19-7/h1-4,17H,(H,18,20,21). The van der Waals surface area contributed by atoms with Gasteiger partial charge in [0.1, 0.15) is 5.69 Å². The summed E-state index contributed by atoms with van der Waals surface area (Å²) in [6, 6.07) is 4.03. The molecule has 0 spiro atoms. The van der Waals surface area contributed by atoms with Crippen molar-refractivity contribution in [3.63, 3.8) is 0 Å². The highest BCUT2D eigenvalue weighted by Crippen LogP contribution is 2.31. The van der Waals surface area contributed by atoms with Crippen LogP contribution >= 0.6 is 0 Å². The van der Waals surface area contributed by atoms with Crippen molar-refractivity contribution >= 4 is 22.5 Å². The number of hydrogen-bond donors (Lipinski definition) is 2. The Balaban J connectivity index is 1.87. The molecule has 0 saturated carbocycles. The van der Waals surface area contributed by atoms with Crippen molar-refractivity contribution in [1.82, 2.24) is 15.3 Å². The van der Waals surface area contributed by atoms with E-state index in [0.29, 0.717) is 0 Å². The molecule has 0 saturated heterocycles. The minimum absolute atomic E-state index is 0.0390. The molecule has 0 radical (unpaired) electrons. The number of pyridine rings is 1. The number of benzene rings is 1. The van der Waals surface area contributed by atoms with Crippen molar-refractivity contribution in [3.8, 4) is 11.6 Å². The molecule has 3 aromatic rings. The predicted molar refractivity (Wildman–Crippen MR) is 67.6 cm³/mol. The fourth-order valence-corrected chi connectivity index (χ4v) is 1.75. The molecule has 0 atom stereocenters. The predicted octanol–water partition coefficient (Wildman–Crippen LogP) is 3.10. The first-order valence-corrected chi connectivity index (χ1v) is 5.96. The molecular weight excluding hydrogens is 324 g/mol.